The van der Waals surface area contributed by atoms with Crippen LogP contribution in [0.1, 0.15) is 0 Å². The van der Waals surface area contributed by atoms with E-state index in [1.54, 1.807) is 0 Å². The van der Waals surface area contributed by atoms with E-state index in [1.165, 1.54) is 0 Å². The normalized spacial score (nSPS) is 12.3. The molecule has 0 spiro atoms. The number of hydrogen-bond donors (Lipinski definition) is 3. The average Bonchev–Trinajstić information content (AvgIpc) is 2.43. The molecule has 0 aliphatic heterocycles. The van der Waals surface area contributed by atoms with Gasteiger partial charge in [-0.3, -0.25) is 0 Å². The highest BCUT2D eigenvalue weighted by molar-refractivity contribution is 4.09. The highest BCUT2D eigenvalue weighted by Gasteiger charge is 2.07. The highest BCUT2D eigenvalue weighted by Crippen LogP contribution is 1.98. The molecule has 0 aromatic rings. The van der Waals surface area contributed by atoms with Gasteiger partial charge in [-0.25, -0.2) is 10.5 Å². The van der Waals surface area contributed by atoms with Crippen LogP contribution in [0.3, 0.4) is 0 Å². The van der Waals surface area contributed by atoms with Gasteiger partial charge in [0.05, 0.1) is 5.34 Å². The molecule has 0 fully saturated rings. The maximum Gasteiger partial charge on any atom is 0.0559 e. The maximum absolute atomic E-state index is 7.72. The van der Waals surface area contributed by atoms with Crippen molar-refractivity contribution < 1.29 is 40.6 Å². The topological polar surface area (TPSA) is 234 Å². The van der Waals surface area contributed by atoms with Crippen LogP contribution >= 0.6 is 0 Å². The maximum atomic E-state index is 7.72. The number of rotatable bonds is 11. The molecule has 0 saturated heterocycles. The van der Waals surface area contributed by atoms with Gasteiger partial charge in [0, 0.05) is 20.9 Å². The SMILES string of the molecule is N=N/N=N/N=N/N=N/N=N/N(OOOO)OOOO. The van der Waals surface area contributed by atoms with E-state index >= 15 is 0 Å². The molecule has 0 heterocycles. The summed E-state index contributed by atoms with van der Waals surface area (Å²) in [5, 5.41) is 53.2. The molecule has 19 heavy (non-hydrogen) atoms. The van der Waals surface area contributed by atoms with E-state index in [4.69, 9.17) is 16.0 Å². The quantitative estimate of drug-likeness (QED) is 0.280. The summed E-state index contributed by atoms with van der Waals surface area (Å²) in [5.41, 5.74) is 6.17. The van der Waals surface area contributed by atoms with Crippen molar-refractivity contribution in [2.75, 3.05) is 0 Å². The van der Waals surface area contributed by atoms with E-state index in [0.29, 0.717) is 0 Å². The van der Waals surface area contributed by atoms with E-state index < -0.39 is 0 Å². The molecule has 0 aliphatic rings. The molecule has 0 radical (unpaired) electrons. The van der Waals surface area contributed by atoms with Gasteiger partial charge in [0.25, 0.3) is 0 Å². The molecule has 0 saturated carbocycles. The van der Waals surface area contributed by atoms with Crippen molar-refractivity contribution in [1.29, 1.82) is 5.53 Å². The van der Waals surface area contributed by atoms with E-state index in [1.807, 2.05) is 0 Å². The van der Waals surface area contributed by atoms with Crippen molar-refractivity contribution in [2.24, 2.45) is 47.0 Å². The molecule has 19 nitrogen and oxygen atoms in total. The molecule has 3 N–H and O–H groups in total. The highest BCUT2D eigenvalue weighted by atomic mass is 17.7. The zero-order valence-corrected chi connectivity index (χ0v) is 8.32. The lowest BCUT2D eigenvalue weighted by atomic mass is 12.3. The van der Waals surface area contributed by atoms with E-state index in [2.05, 4.69) is 77.1 Å². The van der Waals surface area contributed by atoms with Crippen molar-refractivity contribution in [3.05, 3.63) is 0 Å². The van der Waals surface area contributed by atoms with Crippen LogP contribution in [-0.4, -0.2) is 15.8 Å². The Hall–Kier alpha value is -2.52. The summed E-state index contributed by atoms with van der Waals surface area (Å²) in [6.45, 7) is 0. The smallest absolute Gasteiger partial charge is 0.0559 e. The molecule has 0 rings (SSSR count). The summed E-state index contributed by atoms with van der Waals surface area (Å²) in [6, 6.07) is 0. The van der Waals surface area contributed by atoms with Crippen LogP contribution in [0.2, 0.25) is 0 Å². The molecule has 106 valence electrons. The van der Waals surface area contributed by atoms with E-state index in [9.17, 15) is 0 Å². The molecular weight excluding hydrogens is 282 g/mol. The summed E-state index contributed by atoms with van der Waals surface area (Å²) in [6.07, 6.45) is 0. The number of hydrogen-bond acceptors (Lipinski definition) is 10. The fourth-order valence-electron chi connectivity index (χ4n) is 0.282. The Morgan fingerprint density at radius 1 is 0.737 bits per heavy atom. The lowest BCUT2D eigenvalue weighted by Gasteiger charge is -2.06. The Bertz CT molecular complexity index is 313. The fraction of sp³-hybridized carbons (Fsp3) is 0. The van der Waals surface area contributed by atoms with Gasteiger partial charge in [-0.05, 0) is 56.2 Å². The second-order valence-corrected chi connectivity index (χ2v) is 1.49. The average molecular weight is 285 g/mol. The van der Waals surface area contributed by atoms with Crippen LogP contribution in [0.15, 0.2) is 47.0 Å². The summed E-state index contributed by atoms with van der Waals surface area (Å²) >= 11 is 0. The minimum absolute atomic E-state index is 0.165. The van der Waals surface area contributed by atoms with E-state index in [-0.39, 0.29) is 5.34 Å². The third-order valence-electron chi connectivity index (χ3n) is 0.647. The molecule has 0 amide bonds. The minimum Gasteiger partial charge on any atom is -0.219 e. The van der Waals surface area contributed by atoms with Gasteiger partial charge in [-0.15, -0.1) is 0 Å². The summed E-state index contributed by atoms with van der Waals surface area (Å²) in [7, 11) is 0. The van der Waals surface area contributed by atoms with Crippen LogP contribution in [0.5, 0.6) is 0 Å². The van der Waals surface area contributed by atoms with Gasteiger partial charge < -0.3 is 0 Å². The second-order valence-electron chi connectivity index (χ2n) is 1.49. The first-order chi connectivity index (χ1) is 9.35. The molecule has 0 aliphatic carbocycles. The lowest BCUT2D eigenvalue weighted by Crippen LogP contribution is -2.18. The Kier molecular flexibility index (Phi) is 11.7. The first-order valence-corrected chi connectivity index (χ1v) is 3.42. The van der Waals surface area contributed by atoms with Gasteiger partial charge in [0.1, 0.15) is 0 Å². The first-order valence-electron chi connectivity index (χ1n) is 3.42. The Balaban J connectivity index is 4.06. The van der Waals surface area contributed by atoms with Crippen molar-refractivity contribution in [3.8, 4) is 0 Å². The second kappa shape index (κ2) is 13.5. The Morgan fingerprint density at radius 3 is 1.68 bits per heavy atom. The van der Waals surface area contributed by atoms with E-state index in [0.717, 1.165) is 0 Å². The minimum atomic E-state index is -0.165. The van der Waals surface area contributed by atoms with Crippen molar-refractivity contribution in [2.45, 2.75) is 0 Å². The molecule has 19 heteroatoms. The van der Waals surface area contributed by atoms with Gasteiger partial charge >= 0.3 is 0 Å². The van der Waals surface area contributed by atoms with Crippen molar-refractivity contribution in [3.63, 3.8) is 0 Å². The number of nitrogens with one attached hydrogen (secondary N) is 1. The molecule has 0 unspecified atom stereocenters. The molecular formula is H3N11O8. The summed E-state index contributed by atoms with van der Waals surface area (Å²) < 4.78 is 0. The molecule has 0 aromatic carbocycles. The summed E-state index contributed by atoms with van der Waals surface area (Å²) in [4.78, 5) is 7.59. The zero-order valence-electron chi connectivity index (χ0n) is 8.32. The van der Waals surface area contributed by atoms with Crippen LogP contribution in [-0.2, 0) is 30.1 Å². The number of nitrogens with zero attached hydrogens (tertiary/aromatic N) is 10. The van der Waals surface area contributed by atoms with Crippen molar-refractivity contribution in [1.82, 2.24) is 5.34 Å². The first kappa shape index (κ1) is 16.5. The van der Waals surface area contributed by atoms with Crippen LogP contribution in [0.4, 0.5) is 0 Å². The lowest BCUT2D eigenvalue weighted by molar-refractivity contribution is -0.764. The Labute approximate surface area is 99.8 Å². The standard InChI is InChI=1S/H3N11O8/c1-2-3-4-5-6-7-8-9-10-11(14-18-16-12)15-19-17-13/h1,12-13H/b2-1?,4-3+,6-5+,8-7+,10-9+. The van der Waals surface area contributed by atoms with Gasteiger partial charge in [0.15, 0.2) is 0 Å². The predicted molar refractivity (Wildman–Crippen MR) is 38.2 cm³/mol. The molecule has 0 atom stereocenters. The van der Waals surface area contributed by atoms with Gasteiger partial charge in [-0.1, -0.05) is 0 Å². The van der Waals surface area contributed by atoms with Crippen LogP contribution in [0.25, 0.3) is 0 Å². The van der Waals surface area contributed by atoms with Crippen LogP contribution in [0, 0.1) is 5.53 Å². The van der Waals surface area contributed by atoms with Crippen molar-refractivity contribution >= 4 is 0 Å². The van der Waals surface area contributed by atoms with Crippen LogP contribution < -0.4 is 0 Å². The predicted octanol–water partition coefficient (Wildman–Crippen LogP) is 1.24. The van der Waals surface area contributed by atoms with Gasteiger partial charge in [-0.2, -0.15) is 5.53 Å². The molecule has 0 aromatic heterocycles. The third kappa shape index (κ3) is 11.7. The third-order valence-corrected chi connectivity index (χ3v) is 0.647. The molecule has 0 bridgehead atoms. The summed E-state index contributed by atoms with van der Waals surface area (Å²) in [5.74, 6) is 0. The Morgan fingerprint density at radius 2 is 1.21 bits per heavy atom. The largest absolute Gasteiger partial charge is 0.219 e. The monoisotopic (exact) mass is 285 g/mol. The fourth-order valence-corrected chi connectivity index (χ4v) is 0.282. The zero-order chi connectivity index (χ0) is 14.2. The van der Waals surface area contributed by atoms with Gasteiger partial charge in [0.2, 0.25) is 0 Å².